The minimum Gasteiger partial charge on any atom is -0.490 e. The number of nitrogens with one attached hydrogen (secondary N) is 1. The lowest BCUT2D eigenvalue weighted by molar-refractivity contribution is -0.122. The molecule has 7 nitrogen and oxygen atoms in total. The second-order valence-electron chi connectivity index (χ2n) is 8.69. The molecule has 0 bridgehead atoms. The number of halogens is 1. The SMILES string of the molecule is O=C(Cn1cncn1)N[C@H]1CC[C@H](Oc2ccc3c(c2)CCC(c2ccccc2F)O3)CC1. The zero-order chi connectivity index (χ0) is 22.6. The highest BCUT2D eigenvalue weighted by molar-refractivity contribution is 5.75. The maximum absolute atomic E-state index is 14.1. The van der Waals surface area contributed by atoms with E-state index in [9.17, 15) is 9.18 Å². The number of amides is 1. The number of hydrogen-bond acceptors (Lipinski definition) is 5. The number of aryl methyl sites for hydroxylation is 1. The molecule has 2 heterocycles. The van der Waals surface area contributed by atoms with Gasteiger partial charge in [0.2, 0.25) is 5.91 Å². The van der Waals surface area contributed by atoms with E-state index in [1.54, 1.807) is 12.1 Å². The van der Waals surface area contributed by atoms with Crippen LogP contribution in [0.15, 0.2) is 55.1 Å². The molecule has 1 amide bonds. The van der Waals surface area contributed by atoms with Gasteiger partial charge in [-0.2, -0.15) is 5.10 Å². The number of hydrogen-bond donors (Lipinski definition) is 1. The number of nitrogens with zero attached hydrogens (tertiary/aromatic N) is 3. The highest BCUT2D eigenvalue weighted by atomic mass is 19.1. The van der Waals surface area contributed by atoms with E-state index < -0.39 is 0 Å². The Kier molecular flexibility index (Phi) is 6.24. The Morgan fingerprint density at radius 3 is 2.79 bits per heavy atom. The number of fused-ring (bicyclic) bond motifs is 1. The molecule has 33 heavy (non-hydrogen) atoms. The average Bonchev–Trinajstić information content (AvgIpc) is 3.33. The lowest BCUT2D eigenvalue weighted by Gasteiger charge is -2.30. The Morgan fingerprint density at radius 1 is 1.15 bits per heavy atom. The van der Waals surface area contributed by atoms with E-state index in [2.05, 4.69) is 15.4 Å². The predicted molar refractivity (Wildman–Crippen MR) is 119 cm³/mol. The Morgan fingerprint density at radius 2 is 2.00 bits per heavy atom. The van der Waals surface area contributed by atoms with Crippen LogP contribution in [0.4, 0.5) is 4.39 Å². The molecule has 0 spiro atoms. The first-order chi connectivity index (χ1) is 16.1. The molecule has 1 saturated carbocycles. The van der Waals surface area contributed by atoms with Gasteiger partial charge in [0, 0.05) is 11.6 Å². The first-order valence-electron chi connectivity index (χ1n) is 11.5. The first kappa shape index (κ1) is 21.4. The second-order valence-corrected chi connectivity index (χ2v) is 8.69. The maximum atomic E-state index is 14.1. The molecule has 172 valence electrons. The van der Waals surface area contributed by atoms with Crippen LogP contribution in [0.5, 0.6) is 11.5 Å². The van der Waals surface area contributed by atoms with E-state index in [-0.39, 0.29) is 36.5 Å². The monoisotopic (exact) mass is 450 g/mol. The minimum absolute atomic E-state index is 0.0479. The minimum atomic E-state index is -0.263. The van der Waals surface area contributed by atoms with Gasteiger partial charge in [-0.25, -0.2) is 14.1 Å². The quantitative estimate of drug-likeness (QED) is 0.614. The zero-order valence-electron chi connectivity index (χ0n) is 18.3. The summed E-state index contributed by atoms with van der Waals surface area (Å²) >= 11 is 0. The van der Waals surface area contributed by atoms with Crippen molar-refractivity contribution in [3.05, 3.63) is 72.1 Å². The van der Waals surface area contributed by atoms with E-state index in [0.717, 1.165) is 55.6 Å². The van der Waals surface area contributed by atoms with Gasteiger partial charge >= 0.3 is 0 Å². The summed E-state index contributed by atoms with van der Waals surface area (Å²) in [6.07, 6.45) is 7.90. The summed E-state index contributed by atoms with van der Waals surface area (Å²) in [5, 5.41) is 7.04. The van der Waals surface area contributed by atoms with Gasteiger partial charge in [-0.1, -0.05) is 18.2 Å². The molecule has 0 radical (unpaired) electrons. The van der Waals surface area contributed by atoms with Crippen molar-refractivity contribution < 1.29 is 18.7 Å². The molecule has 2 aromatic carbocycles. The molecule has 1 unspecified atom stereocenters. The number of ether oxygens (including phenoxy) is 2. The van der Waals surface area contributed by atoms with E-state index in [1.807, 2.05) is 24.3 Å². The summed E-state index contributed by atoms with van der Waals surface area (Å²) in [5.41, 5.74) is 1.70. The molecular weight excluding hydrogens is 423 g/mol. The van der Waals surface area contributed by atoms with Gasteiger partial charge in [0.1, 0.15) is 42.6 Å². The normalized spacial score (nSPS) is 22.2. The number of carbonyl (C=O) groups excluding carboxylic acids is 1. The van der Waals surface area contributed by atoms with Crippen LogP contribution in [0.1, 0.15) is 49.3 Å². The Labute approximate surface area is 191 Å². The van der Waals surface area contributed by atoms with Gasteiger partial charge < -0.3 is 14.8 Å². The standard InChI is InChI=1S/C25H27FN4O3/c26-22-4-2-1-3-21(22)24-11-5-17-13-20(10-12-23(17)33-24)32-19-8-6-18(7-9-19)29-25(31)14-30-16-27-15-28-30/h1-4,10,12-13,15-16,18-19,24H,5-9,11,14H2,(H,29,31)/t18-,19-,24?. The Balaban J connectivity index is 1.12. The third kappa shape index (κ3) is 5.16. The van der Waals surface area contributed by atoms with E-state index in [0.29, 0.717) is 5.56 Å². The fraction of sp³-hybridized carbons (Fsp3) is 0.400. The summed E-state index contributed by atoms with van der Waals surface area (Å²) in [6, 6.07) is 12.8. The highest BCUT2D eigenvalue weighted by Gasteiger charge is 2.26. The highest BCUT2D eigenvalue weighted by Crippen LogP contribution is 2.38. The van der Waals surface area contributed by atoms with Gasteiger partial charge in [0.15, 0.2) is 0 Å². The number of carbonyl (C=O) groups is 1. The van der Waals surface area contributed by atoms with Crippen molar-refractivity contribution in [2.45, 2.75) is 63.3 Å². The van der Waals surface area contributed by atoms with Gasteiger partial charge in [-0.3, -0.25) is 4.79 Å². The number of aromatic nitrogens is 3. The van der Waals surface area contributed by atoms with Gasteiger partial charge in [-0.15, -0.1) is 0 Å². The summed E-state index contributed by atoms with van der Waals surface area (Å²) in [6.45, 7) is 0.186. The lowest BCUT2D eigenvalue weighted by atomic mass is 9.92. The summed E-state index contributed by atoms with van der Waals surface area (Å²) in [5.74, 6) is 1.35. The zero-order valence-corrected chi connectivity index (χ0v) is 18.3. The van der Waals surface area contributed by atoms with Crippen molar-refractivity contribution in [3.8, 4) is 11.5 Å². The Bertz CT molecular complexity index is 1100. The van der Waals surface area contributed by atoms with Crippen molar-refractivity contribution in [2.24, 2.45) is 0 Å². The smallest absolute Gasteiger partial charge is 0.242 e. The van der Waals surface area contributed by atoms with Crippen LogP contribution in [0.2, 0.25) is 0 Å². The van der Waals surface area contributed by atoms with Crippen LogP contribution >= 0.6 is 0 Å². The molecule has 2 aliphatic rings. The Hall–Kier alpha value is -3.42. The molecule has 3 aromatic rings. The number of rotatable bonds is 6. The van der Waals surface area contributed by atoms with Crippen molar-refractivity contribution in [1.82, 2.24) is 20.1 Å². The van der Waals surface area contributed by atoms with E-state index in [4.69, 9.17) is 9.47 Å². The van der Waals surface area contributed by atoms with Crippen molar-refractivity contribution in [1.29, 1.82) is 0 Å². The molecule has 1 aromatic heterocycles. The fourth-order valence-corrected chi connectivity index (χ4v) is 4.65. The average molecular weight is 451 g/mol. The predicted octanol–water partition coefficient (Wildman–Crippen LogP) is 3.99. The van der Waals surface area contributed by atoms with Crippen molar-refractivity contribution in [3.63, 3.8) is 0 Å². The molecule has 1 aliphatic carbocycles. The largest absolute Gasteiger partial charge is 0.490 e. The van der Waals surface area contributed by atoms with Gasteiger partial charge in [0.05, 0.1) is 6.10 Å². The van der Waals surface area contributed by atoms with Crippen molar-refractivity contribution in [2.75, 3.05) is 0 Å². The molecule has 8 heteroatoms. The van der Waals surface area contributed by atoms with E-state index >= 15 is 0 Å². The molecule has 1 aliphatic heterocycles. The van der Waals surface area contributed by atoms with Crippen LogP contribution < -0.4 is 14.8 Å². The van der Waals surface area contributed by atoms with Crippen LogP contribution in [-0.4, -0.2) is 32.8 Å². The van der Waals surface area contributed by atoms with Crippen LogP contribution in [-0.2, 0) is 17.8 Å². The first-order valence-corrected chi connectivity index (χ1v) is 11.5. The molecule has 0 saturated heterocycles. The third-order valence-corrected chi connectivity index (χ3v) is 6.34. The summed E-state index contributed by atoms with van der Waals surface area (Å²) < 4.78 is 28.0. The lowest BCUT2D eigenvalue weighted by Crippen LogP contribution is -2.41. The summed E-state index contributed by atoms with van der Waals surface area (Å²) in [4.78, 5) is 16.0. The van der Waals surface area contributed by atoms with Crippen molar-refractivity contribution >= 4 is 5.91 Å². The maximum Gasteiger partial charge on any atom is 0.242 e. The fourth-order valence-electron chi connectivity index (χ4n) is 4.65. The molecule has 1 N–H and O–H groups in total. The molecular formula is C25H27FN4O3. The van der Waals surface area contributed by atoms with Crippen LogP contribution in [0, 0.1) is 5.82 Å². The molecule has 5 rings (SSSR count). The van der Waals surface area contributed by atoms with Gasteiger partial charge in [-0.05, 0) is 68.4 Å². The molecule has 1 fully saturated rings. The van der Waals surface area contributed by atoms with Crippen LogP contribution in [0.3, 0.4) is 0 Å². The second kappa shape index (κ2) is 9.60. The van der Waals surface area contributed by atoms with E-state index in [1.165, 1.54) is 23.4 Å². The third-order valence-electron chi connectivity index (χ3n) is 6.34. The van der Waals surface area contributed by atoms with Crippen LogP contribution in [0.25, 0.3) is 0 Å². The number of benzene rings is 2. The molecule has 1 atom stereocenters. The topological polar surface area (TPSA) is 78.3 Å². The van der Waals surface area contributed by atoms with Gasteiger partial charge in [0.25, 0.3) is 0 Å². The summed E-state index contributed by atoms with van der Waals surface area (Å²) in [7, 11) is 0.